The molecule has 0 amide bonds. The Morgan fingerprint density at radius 1 is 1.33 bits per heavy atom. The fraction of sp³-hybridized carbons (Fsp3) is 0.333. The molecule has 1 unspecified atom stereocenters. The summed E-state index contributed by atoms with van der Waals surface area (Å²) in [5, 5.41) is 16.5. The molecule has 112 valence electrons. The molecule has 1 heterocycles. The van der Waals surface area contributed by atoms with E-state index in [4.69, 9.17) is 0 Å². The third kappa shape index (κ3) is 3.90. The number of nitrogens with zero attached hydrogens (tertiary/aromatic N) is 1. The van der Waals surface area contributed by atoms with Gasteiger partial charge in [0.15, 0.2) is 0 Å². The Balaban J connectivity index is 2.15. The first kappa shape index (κ1) is 16.1. The zero-order chi connectivity index (χ0) is 15.4. The third-order valence-corrected chi connectivity index (χ3v) is 5.15. The zero-order valence-corrected chi connectivity index (χ0v) is 14.3. The van der Waals surface area contributed by atoms with Crippen molar-refractivity contribution in [1.29, 1.82) is 0 Å². The van der Waals surface area contributed by atoms with Crippen molar-refractivity contribution in [2.75, 3.05) is 0 Å². The van der Waals surface area contributed by atoms with E-state index in [-0.39, 0.29) is 16.7 Å². The Morgan fingerprint density at radius 2 is 2.10 bits per heavy atom. The summed E-state index contributed by atoms with van der Waals surface area (Å²) in [5.41, 5.74) is 0.998. The fourth-order valence-corrected chi connectivity index (χ4v) is 3.72. The van der Waals surface area contributed by atoms with Crippen molar-refractivity contribution in [3.8, 4) is 0 Å². The highest BCUT2D eigenvalue weighted by Crippen LogP contribution is 2.30. The van der Waals surface area contributed by atoms with Crippen LogP contribution in [0.5, 0.6) is 0 Å². The lowest BCUT2D eigenvalue weighted by Gasteiger charge is -2.21. The maximum atomic E-state index is 11.0. The molecule has 1 N–H and O–H groups in total. The highest BCUT2D eigenvalue weighted by atomic mass is 79.9. The van der Waals surface area contributed by atoms with E-state index in [1.165, 1.54) is 10.9 Å². The Hall–Kier alpha value is -1.24. The van der Waals surface area contributed by atoms with Crippen LogP contribution in [0.2, 0.25) is 0 Å². The SMILES string of the molecule is CC(C)C(NCc1cccc([N+](=O)[O-])c1Br)c1cccs1. The summed E-state index contributed by atoms with van der Waals surface area (Å²) in [6.45, 7) is 4.92. The van der Waals surface area contributed by atoms with Gasteiger partial charge in [0.2, 0.25) is 0 Å². The van der Waals surface area contributed by atoms with Crippen molar-refractivity contribution < 1.29 is 4.92 Å². The number of nitro benzene ring substituents is 1. The van der Waals surface area contributed by atoms with Crippen LogP contribution in [0.3, 0.4) is 0 Å². The summed E-state index contributed by atoms with van der Waals surface area (Å²) in [6, 6.07) is 9.53. The van der Waals surface area contributed by atoms with Crippen LogP contribution in [-0.4, -0.2) is 4.92 Å². The van der Waals surface area contributed by atoms with E-state index in [9.17, 15) is 10.1 Å². The van der Waals surface area contributed by atoms with Gasteiger partial charge in [-0.05, 0) is 38.9 Å². The molecular formula is C15H17BrN2O2S. The van der Waals surface area contributed by atoms with E-state index in [1.54, 1.807) is 17.4 Å². The zero-order valence-electron chi connectivity index (χ0n) is 11.9. The summed E-state index contributed by atoms with van der Waals surface area (Å²) in [6.07, 6.45) is 0. The van der Waals surface area contributed by atoms with Gasteiger partial charge in [-0.25, -0.2) is 0 Å². The van der Waals surface area contributed by atoms with Crippen molar-refractivity contribution in [3.05, 3.63) is 60.7 Å². The molecule has 4 nitrogen and oxygen atoms in total. The molecule has 1 aromatic carbocycles. The molecule has 0 radical (unpaired) electrons. The monoisotopic (exact) mass is 368 g/mol. The Kier molecular flexibility index (Phi) is 5.50. The van der Waals surface area contributed by atoms with Crippen LogP contribution in [0.15, 0.2) is 40.2 Å². The Morgan fingerprint density at radius 3 is 2.67 bits per heavy atom. The van der Waals surface area contributed by atoms with Gasteiger partial charge in [0, 0.05) is 23.5 Å². The number of halogens is 1. The lowest BCUT2D eigenvalue weighted by molar-refractivity contribution is -0.385. The minimum Gasteiger partial charge on any atom is -0.305 e. The molecule has 0 spiro atoms. The van der Waals surface area contributed by atoms with Crippen LogP contribution in [0.1, 0.15) is 30.3 Å². The number of thiophene rings is 1. The minimum atomic E-state index is -0.368. The maximum absolute atomic E-state index is 11.0. The second-order valence-electron chi connectivity index (χ2n) is 5.13. The maximum Gasteiger partial charge on any atom is 0.283 e. The van der Waals surface area contributed by atoms with Crippen molar-refractivity contribution in [2.24, 2.45) is 5.92 Å². The molecular weight excluding hydrogens is 352 g/mol. The van der Waals surface area contributed by atoms with Gasteiger partial charge in [0.1, 0.15) is 0 Å². The Bertz CT molecular complexity index is 614. The average Bonchev–Trinajstić information content (AvgIpc) is 2.94. The second kappa shape index (κ2) is 7.15. The van der Waals surface area contributed by atoms with Crippen LogP contribution in [-0.2, 0) is 6.54 Å². The summed E-state index contributed by atoms with van der Waals surface area (Å²) in [7, 11) is 0. The number of rotatable bonds is 6. The second-order valence-corrected chi connectivity index (χ2v) is 6.90. The Labute approximate surface area is 136 Å². The largest absolute Gasteiger partial charge is 0.305 e. The van der Waals surface area contributed by atoms with E-state index in [2.05, 4.69) is 46.5 Å². The number of benzene rings is 1. The number of hydrogen-bond acceptors (Lipinski definition) is 4. The van der Waals surface area contributed by atoms with Crippen LogP contribution in [0.25, 0.3) is 0 Å². The molecule has 0 saturated carbocycles. The van der Waals surface area contributed by atoms with Crippen molar-refractivity contribution >= 4 is 33.0 Å². The minimum absolute atomic E-state index is 0.103. The predicted molar refractivity (Wildman–Crippen MR) is 89.5 cm³/mol. The van der Waals surface area contributed by atoms with Crippen LogP contribution < -0.4 is 5.32 Å². The van der Waals surface area contributed by atoms with Crippen LogP contribution in [0.4, 0.5) is 5.69 Å². The lowest BCUT2D eigenvalue weighted by atomic mass is 10.0. The number of nitrogens with one attached hydrogen (secondary N) is 1. The fourth-order valence-electron chi connectivity index (χ4n) is 2.20. The summed E-state index contributed by atoms with van der Waals surface area (Å²) in [4.78, 5) is 11.9. The van der Waals surface area contributed by atoms with E-state index < -0.39 is 0 Å². The van der Waals surface area contributed by atoms with Gasteiger partial charge in [0.25, 0.3) is 5.69 Å². The standard InChI is InChI=1S/C15H17BrN2O2S/c1-10(2)15(13-7-4-8-21-13)17-9-11-5-3-6-12(14(11)16)18(19)20/h3-8,10,15,17H,9H2,1-2H3. The van der Waals surface area contributed by atoms with Gasteiger partial charge in [-0.2, -0.15) is 0 Å². The first-order valence-electron chi connectivity index (χ1n) is 6.69. The molecule has 0 fully saturated rings. The lowest BCUT2D eigenvalue weighted by Crippen LogP contribution is -2.24. The van der Waals surface area contributed by atoms with Gasteiger partial charge in [-0.1, -0.05) is 32.0 Å². The van der Waals surface area contributed by atoms with Crippen LogP contribution >= 0.6 is 27.3 Å². The van der Waals surface area contributed by atoms with Gasteiger partial charge >= 0.3 is 0 Å². The van der Waals surface area contributed by atoms with Crippen LogP contribution in [0, 0.1) is 16.0 Å². The van der Waals surface area contributed by atoms with Crippen molar-refractivity contribution in [2.45, 2.75) is 26.4 Å². The van der Waals surface area contributed by atoms with Gasteiger partial charge in [-0.3, -0.25) is 10.1 Å². The molecule has 21 heavy (non-hydrogen) atoms. The molecule has 2 aromatic rings. The predicted octanol–water partition coefficient (Wildman–Crippen LogP) is 4.91. The van der Waals surface area contributed by atoms with Gasteiger partial charge in [-0.15, -0.1) is 11.3 Å². The summed E-state index contributed by atoms with van der Waals surface area (Å²) < 4.78 is 0.552. The molecule has 6 heteroatoms. The normalized spacial score (nSPS) is 12.6. The smallest absolute Gasteiger partial charge is 0.283 e. The topological polar surface area (TPSA) is 55.2 Å². The van der Waals surface area contributed by atoms with E-state index in [0.29, 0.717) is 16.9 Å². The summed E-state index contributed by atoms with van der Waals surface area (Å²) >= 11 is 5.06. The van der Waals surface area contributed by atoms with E-state index >= 15 is 0 Å². The van der Waals surface area contributed by atoms with E-state index in [0.717, 1.165) is 5.56 Å². The molecule has 0 aliphatic rings. The first-order chi connectivity index (χ1) is 10.0. The molecule has 2 rings (SSSR count). The molecule has 0 aliphatic heterocycles. The first-order valence-corrected chi connectivity index (χ1v) is 8.36. The van der Waals surface area contributed by atoms with Crippen molar-refractivity contribution in [3.63, 3.8) is 0 Å². The van der Waals surface area contributed by atoms with E-state index in [1.807, 2.05) is 12.1 Å². The molecule has 0 bridgehead atoms. The molecule has 1 atom stereocenters. The quantitative estimate of drug-likeness (QED) is 0.582. The van der Waals surface area contributed by atoms with Crippen molar-refractivity contribution in [1.82, 2.24) is 5.32 Å². The molecule has 0 saturated heterocycles. The molecule has 0 aliphatic carbocycles. The summed E-state index contributed by atoms with van der Waals surface area (Å²) in [5.74, 6) is 0.445. The van der Waals surface area contributed by atoms with Gasteiger partial charge < -0.3 is 5.32 Å². The molecule has 1 aromatic heterocycles. The third-order valence-electron chi connectivity index (χ3n) is 3.28. The highest BCUT2D eigenvalue weighted by molar-refractivity contribution is 9.10. The van der Waals surface area contributed by atoms with Gasteiger partial charge in [0.05, 0.1) is 9.40 Å². The number of nitro groups is 1. The number of hydrogen-bond donors (Lipinski definition) is 1. The highest BCUT2D eigenvalue weighted by Gasteiger charge is 2.19. The average molecular weight is 369 g/mol.